The van der Waals surface area contributed by atoms with Crippen molar-refractivity contribution in [2.45, 2.75) is 39.0 Å². The van der Waals surface area contributed by atoms with Crippen molar-refractivity contribution in [3.63, 3.8) is 0 Å². The summed E-state index contributed by atoms with van der Waals surface area (Å²) in [6.45, 7) is 5.82. The Morgan fingerprint density at radius 3 is 2.24 bits per heavy atom. The Bertz CT molecular complexity index is 1390. The van der Waals surface area contributed by atoms with Crippen molar-refractivity contribution in [3.05, 3.63) is 89.0 Å². The molecule has 0 aliphatic carbocycles. The summed E-state index contributed by atoms with van der Waals surface area (Å²) in [5.41, 5.74) is 0.877. The number of benzene rings is 3. The SMILES string of the molecule is COc1ccc(OC)c(/C(O)=C2\C(=O)C(=O)N(Cc3ccccc3OC(C)(C)C)C2c2ccc(O)cc2)c1. The second-order valence-corrected chi connectivity index (χ2v) is 9.91. The lowest BCUT2D eigenvalue weighted by atomic mass is 9.94. The van der Waals surface area contributed by atoms with Crippen LogP contribution in [0.1, 0.15) is 43.5 Å². The summed E-state index contributed by atoms with van der Waals surface area (Å²) in [5, 5.41) is 21.4. The second kappa shape index (κ2) is 10.5. The van der Waals surface area contributed by atoms with Crippen molar-refractivity contribution in [2.24, 2.45) is 0 Å². The summed E-state index contributed by atoms with van der Waals surface area (Å²) in [4.78, 5) is 28.3. The highest BCUT2D eigenvalue weighted by Crippen LogP contribution is 2.43. The Balaban J connectivity index is 1.89. The maximum absolute atomic E-state index is 13.5. The zero-order valence-corrected chi connectivity index (χ0v) is 22.0. The number of Topliss-reactive ketones (excluding diaryl/α,β-unsaturated/α-hetero) is 1. The molecular formula is C30H31NO7. The number of rotatable bonds is 7. The van der Waals surface area contributed by atoms with Crippen LogP contribution >= 0.6 is 0 Å². The maximum Gasteiger partial charge on any atom is 0.295 e. The van der Waals surface area contributed by atoms with Gasteiger partial charge in [-0.1, -0.05) is 30.3 Å². The van der Waals surface area contributed by atoms with Crippen LogP contribution in [0.25, 0.3) is 5.76 Å². The van der Waals surface area contributed by atoms with E-state index < -0.39 is 23.3 Å². The van der Waals surface area contributed by atoms with E-state index in [1.807, 2.05) is 45.0 Å². The molecule has 1 aliphatic heterocycles. The fraction of sp³-hybridized carbons (Fsp3) is 0.267. The van der Waals surface area contributed by atoms with Crippen molar-refractivity contribution < 1.29 is 34.0 Å². The van der Waals surface area contributed by atoms with Gasteiger partial charge in [-0.2, -0.15) is 0 Å². The van der Waals surface area contributed by atoms with Gasteiger partial charge >= 0.3 is 0 Å². The molecule has 0 radical (unpaired) electrons. The number of nitrogens with zero attached hydrogens (tertiary/aromatic N) is 1. The summed E-state index contributed by atoms with van der Waals surface area (Å²) in [6, 6.07) is 17.4. The van der Waals surface area contributed by atoms with E-state index in [1.54, 1.807) is 30.3 Å². The molecule has 1 heterocycles. The minimum absolute atomic E-state index is 0.0316. The molecule has 1 unspecified atom stereocenters. The van der Waals surface area contributed by atoms with Crippen molar-refractivity contribution in [1.29, 1.82) is 0 Å². The number of aliphatic hydroxyl groups excluding tert-OH is 1. The van der Waals surface area contributed by atoms with Crippen molar-refractivity contribution >= 4 is 17.4 Å². The first-order valence-corrected chi connectivity index (χ1v) is 12.1. The zero-order chi connectivity index (χ0) is 27.6. The Morgan fingerprint density at radius 1 is 0.921 bits per heavy atom. The predicted molar refractivity (Wildman–Crippen MR) is 142 cm³/mol. The van der Waals surface area contributed by atoms with Gasteiger partial charge in [-0.05, 0) is 62.7 Å². The van der Waals surface area contributed by atoms with Gasteiger partial charge < -0.3 is 29.3 Å². The number of ether oxygens (including phenoxy) is 3. The van der Waals surface area contributed by atoms with Gasteiger partial charge in [0.2, 0.25) is 0 Å². The molecule has 1 fully saturated rings. The molecule has 0 saturated carbocycles. The number of ketones is 1. The van der Waals surface area contributed by atoms with Crippen molar-refractivity contribution in [1.82, 2.24) is 4.90 Å². The van der Waals surface area contributed by atoms with Gasteiger partial charge in [-0.25, -0.2) is 0 Å². The van der Waals surface area contributed by atoms with Crippen LogP contribution in [0.3, 0.4) is 0 Å². The number of carbonyl (C=O) groups excluding carboxylic acids is 2. The minimum Gasteiger partial charge on any atom is -0.508 e. The fourth-order valence-corrected chi connectivity index (χ4v) is 4.44. The van der Waals surface area contributed by atoms with Crippen molar-refractivity contribution in [3.8, 4) is 23.0 Å². The van der Waals surface area contributed by atoms with E-state index in [2.05, 4.69) is 0 Å². The number of aromatic hydroxyl groups is 1. The van der Waals surface area contributed by atoms with Crippen LogP contribution in [0.4, 0.5) is 0 Å². The number of hydrogen-bond donors (Lipinski definition) is 2. The van der Waals surface area contributed by atoms with E-state index in [9.17, 15) is 19.8 Å². The van der Waals surface area contributed by atoms with Crippen LogP contribution in [0.5, 0.6) is 23.0 Å². The number of methoxy groups -OCH3 is 2. The normalized spacial score (nSPS) is 17.0. The highest BCUT2D eigenvalue weighted by Gasteiger charge is 2.46. The van der Waals surface area contributed by atoms with Crippen LogP contribution in [0, 0.1) is 0 Å². The van der Waals surface area contributed by atoms with Gasteiger partial charge in [-0.3, -0.25) is 9.59 Å². The van der Waals surface area contributed by atoms with Gasteiger partial charge in [0, 0.05) is 5.56 Å². The number of para-hydroxylation sites is 1. The topological polar surface area (TPSA) is 106 Å². The predicted octanol–water partition coefficient (Wildman–Crippen LogP) is 5.21. The first-order chi connectivity index (χ1) is 18.0. The van der Waals surface area contributed by atoms with E-state index in [0.717, 1.165) is 0 Å². The molecular weight excluding hydrogens is 486 g/mol. The molecule has 1 amide bonds. The number of likely N-dealkylation sites (tertiary alicyclic amines) is 1. The average molecular weight is 518 g/mol. The standard InChI is InChI=1S/C30H31NO7/c1-30(2,3)38-23-9-7-6-8-19(23)17-31-26(18-10-12-20(32)13-11-18)25(28(34)29(31)35)27(33)22-16-21(36-4)14-15-24(22)37-5/h6-16,26,32-33H,17H2,1-5H3/b27-25+. The molecule has 8 heteroatoms. The van der Waals surface area contributed by atoms with Crippen LogP contribution in [0.2, 0.25) is 0 Å². The number of hydrogen-bond acceptors (Lipinski definition) is 7. The van der Waals surface area contributed by atoms with Gasteiger partial charge in [0.05, 0.1) is 37.9 Å². The van der Waals surface area contributed by atoms with Crippen LogP contribution in [-0.2, 0) is 16.1 Å². The third-order valence-electron chi connectivity index (χ3n) is 6.14. The van der Waals surface area contributed by atoms with Crippen molar-refractivity contribution in [2.75, 3.05) is 14.2 Å². The zero-order valence-electron chi connectivity index (χ0n) is 22.0. The number of phenols is 1. The van der Waals surface area contributed by atoms with E-state index in [4.69, 9.17) is 14.2 Å². The van der Waals surface area contributed by atoms with E-state index in [0.29, 0.717) is 28.4 Å². The quantitative estimate of drug-likeness (QED) is 0.252. The van der Waals surface area contributed by atoms with Gasteiger partial charge in [0.25, 0.3) is 11.7 Å². The van der Waals surface area contributed by atoms with Gasteiger partial charge in [0.1, 0.15) is 34.4 Å². The largest absolute Gasteiger partial charge is 0.508 e. The van der Waals surface area contributed by atoms with E-state index in [-0.39, 0.29) is 29.2 Å². The molecule has 4 rings (SSSR count). The molecule has 0 bridgehead atoms. The molecule has 1 saturated heterocycles. The lowest BCUT2D eigenvalue weighted by Gasteiger charge is -2.28. The lowest BCUT2D eigenvalue weighted by Crippen LogP contribution is -2.30. The monoisotopic (exact) mass is 517 g/mol. The summed E-state index contributed by atoms with van der Waals surface area (Å²) < 4.78 is 16.8. The summed E-state index contributed by atoms with van der Waals surface area (Å²) in [5.74, 6) is -0.626. The highest BCUT2D eigenvalue weighted by atomic mass is 16.5. The molecule has 0 aromatic heterocycles. The molecule has 2 N–H and O–H groups in total. The number of phenolic OH excluding ortho intramolecular Hbond substituents is 1. The van der Waals surface area contributed by atoms with E-state index in [1.165, 1.54) is 31.3 Å². The number of amides is 1. The Kier molecular flexibility index (Phi) is 7.35. The molecule has 1 atom stereocenters. The first-order valence-electron chi connectivity index (χ1n) is 12.1. The maximum atomic E-state index is 13.5. The lowest BCUT2D eigenvalue weighted by molar-refractivity contribution is -0.140. The van der Waals surface area contributed by atoms with Gasteiger partial charge in [-0.15, -0.1) is 0 Å². The average Bonchev–Trinajstić information content (AvgIpc) is 3.13. The summed E-state index contributed by atoms with van der Waals surface area (Å²) in [7, 11) is 2.93. The molecule has 0 spiro atoms. The molecule has 38 heavy (non-hydrogen) atoms. The third kappa shape index (κ3) is 5.29. The van der Waals surface area contributed by atoms with Crippen LogP contribution in [0.15, 0.2) is 72.3 Å². The highest BCUT2D eigenvalue weighted by molar-refractivity contribution is 6.46. The molecule has 3 aromatic carbocycles. The summed E-state index contributed by atoms with van der Waals surface area (Å²) in [6.07, 6.45) is 0. The smallest absolute Gasteiger partial charge is 0.295 e. The Hall–Kier alpha value is -4.46. The van der Waals surface area contributed by atoms with Crippen LogP contribution < -0.4 is 14.2 Å². The Labute approximate surface area is 221 Å². The summed E-state index contributed by atoms with van der Waals surface area (Å²) >= 11 is 0. The molecule has 1 aliphatic rings. The van der Waals surface area contributed by atoms with Gasteiger partial charge in [0.15, 0.2) is 0 Å². The molecule has 8 nitrogen and oxygen atoms in total. The number of aliphatic hydroxyl groups is 1. The van der Waals surface area contributed by atoms with Crippen LogP contribution in [-0.4, -0.2) is 46.6 Å². The third-order valence-corrected chi connectivity index (χ3v) is 6.14. The second-order valence-electron chi connectivity index (χ2n) is 9.91. The first kappa shape index (κ1) is 26.6. The Morgan fingerprint density at radius 2 is 1.61 bits per heavy atom. The fourth-order valence-electron chi connectivity index (χ4n) is 4.44. The number of carbonyl (C=O) groups is 2. The molecule has 3 aromatic rings. The van der Waals surface area contributed by atoms with E-state index >= 15 is 0 Å². The minimum atomic E-state index is -0.936. The molecule has 198 valence electrons.